The fraction of sp³-hybridized carbons (Fsp3) is 0.421. The van der Waals surface area contributed by atoms with E-state index in [1.807, 2.05) is 31.2 Å². The first kappa shape index (κ1) is 17.9. The van der Waals surface area contributed by atoms with Crippen LogP contribution in [0.3, 0.4) is 0 Å². The molecule has 1 atom stereocenters. The van der Waals surface area contributed by atoms with Crippen LogP contribution in [0.2, 0.25) is 0 Å². The van der Waals surface area contributed by atoms with E-state index >= 15 is 0 Å². The summed E-state index contributed by atoms with van der Waals surface area (Å²) in [5.41, 5.74) is 1.03. The van der Waals surface area contributed by atoms with Gasteiger partial charge in [0.25, 0.3) is 5.91 Å². The molecule has 0 saturated carbocycles. The normalized spacial score (nSPS) is 16.4. The largest absolute Gasteiger partial charge is 0.484 e. The Hall–Kier alpha value is -1.89. The van der Waals surface area contributed by atoms with Crippen LogP contribution >= 0.6 is 11.3 Å². The number of hydrogen-bond donors (Lipinski definition) is 1. The van der Waals surface area contributed by atoms with Crippen molar-refractivity contribution in [3.63, 3.8) is 0 Å². The Labute approximate surface area is 152 Å². The number of aryl methyl sites for hydroxylation is 1. The number of rotatable bonds is 7. The lowest BCUT2D eigenvalue weighted by Gasteiger charge is -2.34. The van der Waals surface area contributed by atoms with Gasteiger partial charge in [-0.05, 0) is 30.0 Å². The first-order chi connectivity index (χ1) is 12.2. The van der Waals surface area contributed by atoms with Gasteiger partial charge in [0.05, 0.1) is 19.3 Å². The molecule has 0 radical (unpaired) electrons. The van der Waals surface area contributed by atoms with Crippen molar-refractivity contribution in [1.82, 2.24) is 10.2 Å². The zero-order valence-corrected chi connectivity index (χ0v) is 15.3. The van der Waals surface area contributed by atoms with Crippen LogP contribution in [0.4, 0.5) is 0 Å². The topological polar surface area (TPSA) is 50.8 Å². The summed E-state index contributed by atoms with van der Waals surface area (Å²) < 4.78 is 11.1. The standard InChI is InChI=1S/C19H24N2O3S/c1-15-5-2-3-6-17(15)24-14-19(22)20-13-16(18-7-4-12-25-18)21-8-10-23-11-9-21/h2-7,12,16H,8-11,13-14H2,1H3,(H,20,22)/t16-/m0/s1. The maximum Gasteiger partial charge on any atom is 0.258 e. The van der Waals surface area contributed by atoms with E-state index in [2.05, 4.69) is 27.7 Å². The molecule has 25 heavy (non-hydrogen) atoms. The number of nitrogens with one attached hydrogen (secondary N) is 1. The summed E-state index contributed by atoms with van der Waals surface area (Å²) in [5, 5.41) is 5.09. The van der Waals surface area contributed by atoms with Crippen molar-refractivity contribution < 1.29 is 14.3 Å². The van der Waals surface area contributed by atoms with Crippen LogP contribution in [0.25, 0.3) is 0 Å². The van der Waals surface area contributed by atoms with E-state index in [1.54, 1.807) is 11.3 Å². The van der Waals surface area contributed by atoms with Crippen molar-refractivity contribution >= 4 is 17.2 Å². The van der Waals surface area contributed by atoms with E-state index in [4.69, 9.17) is 9.47 Å². The van der Waals surface area contributed by atoms with E-state index in [1.165, 1.54) is 4.88 Å². The van der Waals surface area contributed by atoms with E-state index < -0.39 is 0 Å². The van der Waals surface area contributed by atoms with Gasteiger partial charge in [-0.2, -0.15) is 0 Å². The molecule has 0 unspecified atom stereocenters. The molecule has 1 N–H and O–H groups in total. The Morgan fingerprint density at radius 2 is 2.08 bits per heavy atom. The summed E-state index contributed by atoms with van der Waals surface area (Å²) >= 11 is 1.72. The number of hydrogen-bond acceptors (Lipinski definition) is 5. The molecule has 1 aromatic carbocycles. The number of thiophene rings is 1. The lowest BCUT2D eigenvalue weighted by atomic mass is 10.2. The maximum absolute atomic E-state index is 12.2. The van der Waals surface area contributed by atoms with Crippen LogP contribution in [0.15, 0.2) is 41.8 Å². The van der Waals surface area contributed by atoms with Crippen molar-refractivity contribution in [3.8, 4) is 5.75 Å². The molecule has 1 amide bonds. The van der Waals surface area contributed by atoms with Gasteiger partial charge in [-0.25, -0.2) is 0 Å². The van der Waals surface area contributed by atoms with Crippen molar-refractivity contribution in [2.45, 2.75) is 13.0 Å². The number of para-hydroxylation sites is 1. The first-order valence-corrected chi connectivity index (χ1v) is 9.42. The molecular formula is C19H24N2O3S. The molecule has 2 heterocycles. The average molecular weight is 360 g/mol. The molecule has 1 aliphatic rings. The van der Waals surface area contributed by atoms with Gasteiger partial charge in [0.2, 0.25) is 0 Å². The van der Waals surface area contributed by atoms with Crippen LogP contribution in [0.5, 0.6) is 5.75 Å². The Morgan fingerprint density at radius 1 is 1.28 bits per heavy atom. The summed E-state index contributed by atoms with van der Waals surface area (Å²) in [6.45, 7) is 5.84. The molecule has 1 saturated heterocycles. The summed E-state index contributed by atoms with van der Waals surface area (Å²) in [7, 11) is 0. The minimum absolute atomic E-state index is 0.0329. The van der Waals surface area contributed by atoms with Gasteiger partial charge in [0, 0.05) is 24.5 Å². The molecule has 0 aliphatic carbocycles. The van der Waals surface area contributed by atoms with Gasteiger partial charge >= 0.3 is 0 Å². The zero-order chi connectivity index (χ0) is 17.5. The molecular weight excluding hydrogens is 336 g/mol. The number of carbonyl (C=O) groups is 1. The molecule has 6 heteroatoms. The van der Waals surface area contributed by atoms with Gasteiger partial charge in [-0.1, -0.05) is 24.3 Å². The fourth-order valence-electron chi connectivity index (χ4n) is 2.90. The molecule has 1 aliphatic heterocycles. The van der Waals surface area contributed by atoms with Gasteiger partial charge < -0.3 is 14.8 Å². The number of benzene rings is 1. The van der Waals surface area contributed by atoms with Crippen LogP contribution in [0.1, 0.15) is 16.5 Å². The second kappa shape index (κ2) is 8.99. The molecule has 1 aromatic heterocycles. The average Bonchev–Trinajstić information content (AvgIpc) is 3.16. The highest BCUT2D eigenvalue weighted by Gasteiger charge is 2.23. The quantitative estimate of drug-likeness (QED) is 0.825. The van der Waals surface area contributed by atoms with Crippen molar-refractivity contribution in [2.24, 2.45) is 0 Å². The SMILES string of the molecule is Cc1ccccc1OCC(=O)NC[C@@H](c1cccs1)N1CCOCC1. The van der Waals surface area contributed by atoms with Crippen LogP contribution in [0, 0.1) is 6.92 Å². The van der Waals surface area contributed by atoms with E-state index in [9.17, 15) is 4.79 Å². The summed E-state index contributed by atoms with van der Waals surface area (Å²) in [4.78, 5) is 15.8. The summed E-state index contributed by atoms with van der Waals surface area (Å²) in [6.07, 6.45) is 0. The maximum atomic E-state index is 12.2. The Kier molecular flexibility index (Phi) is 6.44. The Balaban J connectivity index is 1.53. The third kappa shape index (κ3) is 5.04. The Bertz CT molecular complexity index is 669. The number of morpholine rings is 1. The summed E-state index contributed by atoms with van der Waals surface area (Å²) in [6, 6.07) is 12.1. The second-order valence-corrected chi connectivity index (χ2v) is 7.02. The van der Waals surface area contributed by atoms with Crippen LogP contribution in [-0.4, -0.2) is 50.3 Å². The van der Waals surface area contributed by atoms with E-state index in [0.29, 0.717) is 6.54 Å². The molecule has 5 nitrogen and oxygen atoms in total. The van der Waals surface area contributed by atoms with Crippen LogP contribution in [-0.2, 0) is 9.53 Å². The number of carbonyl (C=O) groups excluding carboxylic acids is 1. The van der Waals surface area contributed by atoms with Gasteiger partial charge in [-0.3, -0.25) is 9.69 Å². The number of nitrogens with zero attached hydrogens (tertiary/aromatic N) is 1. The van der Waals surface area contributed by atoms with E-state index in [0.717, 1.165) is 37.6 Å². The highest BCUT2D eigenvalue weighted by atomic mass is 32.1. The van der Waals surface area contributed by atoms with Crippen molar-refractivity contribution in [3.05, 3.63) is 52.2 Å². The van der Waals surface area contributed by atoms with E-state index in [-0.39, 0.29) is 18.6 Å². The summed E-state index contributed by atoms with van der Waals surface area (Å²) in [5.74, 6) is 0.652. The molecule has 134 valence electrons. The van der Waals surface area contributed by atoms with Gasteiger partial charge in [0.1, 0.15) is 5.75 Å². The fourth-order valence-corrected chi connectivity index (χ4v) is 3.76. The second-order valence-electron chi connectivity index (χ2n) is 6.04. The molecule has 1 fully saturated rings. The lowest BCUT2D eigenvalue weighted by Crippen LogP contribution is -2.44. The van der Waals surface area contributed by atoms with Gasteiger partial charge in [0.15, 0.2) is 6.61 Å². The predicted molar refractivity (Wildman–Crippen MR) is 99.1 cm³/mol. The third-order valence-electron chi connectivity index (χ3n) is 4.30. The number of amides is 1. The molecule has 3 rings (SSSR count). The Morgan fingerprint density at radius 3 is 2.80 bits per heavy atom. The van der Waals surface area contributed by atoms with Crippen LogP contribution < -0.4 is 10.1 Å². The highest BCUT2D eigenvalue weighted by Crippen LogP contribution is 2.25. The van der Waals surface area contributed by atoms with Gasteiger partial charge in [-0.15, -0.1) is 11.3 Å². The minimum Gasteiger partial charge on any atom is -0.484 e. The predicted octanol–water partition coefficient (Wildman–Crippen LogP) is 2.63. The molecule has 0 bridgehead atoms. The highest BCUT2D eigenvalue weighted by molar-refractivity contribution is 7.10. The van der Waals surface area contributed by atoms with Crippen molar-refractivity contribution in [2.75, 3.05) is 39.5 Å². The molecule has 0 spiro atoms. The molecule has 2 aromatic rings. The third-order valence-corrected chi connectivity index (χ3v) is 5.28. The van der Waals surface area contributed by atoms with Crippen molar-refractivity contribution in [1.29, 1.82) is 0 Å². The zero-order valence-electron chi connectivity index (χ0n) is 14.4. The minimum atomic E-state index is -0.0990. The first-order valence-electron chi connectivity index (χ1n) is 8.54. The lowest BCUT2D eigenvalue weighted by molar-refractivity contribution is -0.123. The number of ether oxygens (including phenoxy) is 2. The monoisotopic (exact) mass is 360 g/mol. The smallest absolute Gasteiger partial charge is 0.258 e.